The molecule has 1 saturated heterocycles. The van der Waals surface area contributed by atoms with Crippen molar-refractivity contribution in [1.29, 1.82) is 0 Å². The first-order chi connectivity index (χ1) is 15.0. The van der Waals surface area contributed by atoms with Gasteiger partial charge in [-0.3, -0.25) is 4.79 Å². The maximum atomic E-state index is 12.9. The number of carbonyl (C=O) groups is 1. The highest BCUT2D eigenvalue weighted by atomic mass is 16.3. The van der Waals surface area contributed by atoms with Gasteiger partial charge >= 0.3 is 0 Å². The number of aliphatic hydroxyl groups is 1. The van der Waals surface area contributed by atoms with Crippen molar-refractivity contribution < 1.29 is 9.90 Å². The van der Waals surface area contributed by atoms with Crippen LogP contribution in [0.25, 0.3) is 0 Å². The molecule has 4 aliphatic carbocycles. The van der Waals surface area contributed by atoms with E-state index in [0.29, 0.717) is 17.3 Å². The monoisotopic (exact) mass is 442 g/mol. The van der Waals surface area contributed by atoms with Gasteiger partial charge in [-0.1, -0.05) is 25.5 Å². The number of hydrogen-bond donors (Lipinski definition) is 1. The molecule has 3 saturated carbocycles. The molecule has 5 aliphatic rings. The topological polar surface area (TPSA) is 43.8 Å². The fourth-order valence-electron chi connectivity index (χ4n) is 9.47. The third-order valence-electron chi connectivity index (χ3n) is 11.7. The number of carbonyl (C=O) groups excluding carboxylic acids is 1. The summed E-state index contributed by atoms with van der Waals surface area (Å²) >= 11 is 0. The molecule has 4 fully saturated rings. The Morgan fingerprint density at radius 1 is 1.22 bits per heavy atom. The van der Waals surface area contributed by atoms with Gasteiger partial charge in [-0.05, 0) is 113 Å². The van der Waals surface area contributed by atoms with Crippen LogP contribution in [0.3, 0.4) is 0 Å². The molecule has 0 aromatic heterocycles. The number of fused-ring (bicyclic) bond motifs is 4. The van der Waals surface area contributed by atoms with Crippen LogP contribution in [0.15, 0.2) is 11.6 Å². The average Bonchev–Trinajstić information content (AvgIpc) is 3.26. The van der Waals surface area contributed by atoms with E-state index >= 15 is 0 Å². The zero-order valence-electron chi connectivity index (χ0n) is 21.4. The van der Waals surface area contributed by atoms with E-state index in [2.05, 4.69) is 31.9 Å². The second-order valence-electron chi connectivity index (χ2n) is 12.8. The van der Waals surface area contributed by atoms with Crippen molar-refractivity contribution in [1.82, 2.24) is 9.80 Å². The first-order valence-corrected chi connectivity index (χ1v) is 13.4. The maximum Gasteiger partial charge on any atom is 0.254 e. The highest BCUT2D eigenvalue weighted by Gasteiger charge is 2.64. The molecule has 180 valence electrons. The van der Waals surface area contributed by atoms with Crippen molar-refractivity contribution >= 4 is 5.91 Å². The minimum atomic E-state index is -1.25. The second kappa shape index (κ2) is 7.57. The molecule has 5 rings (SSSR count). The fraction of sp³-hybridized carbons (Fsp3) is 0.893. The lowest BCUT2D eigenvalue weighted by Gasteiger charge is -2.58. The summed E-state index contributed by atoms with van der Waals surface area (Å²) < 4.78 is 0. The van der Waals surface area contributed by atoms with E-state index in [0.717, 1.165) is 42.6 Å². The van der Waals surface area contributed by atoms with E-state index in [9.17, 15) is 9.90 Å². The molecule has 9 atom stereocenters. The minimum Gasteiger partial charge on any atom is -0.380 e. The summed E-state index contributed by atoms with van der Waals surface area (Å²) in [7, 11) is 4.27. The smallest absolute Gasteiger partial charge is 0.254 e. The molecule has 1 N–H and O–H groups in total. The Labute approximate surface area is 195 Å². The highest BCUT2D eigenvalue weighted by Crippen LogP contribution is 2.68. The van der Waals surface area contributed by atoms with Crippen LogP contribution in [0.4, 0.5) is 0 Å². The Morgan fingerprint density at radius 3 is 2.66 bits per heavy atom. The van der Waals surface area contributed by atoms with Gasteiger partial charge in [0.05, 0.1) is 0 Å². The van der Waals surface area contributed by atoms with Gasteiger partial charge in [-0.15, -0.1) is 0 Å². The van der Waals surface area contributed by atoms with Crippen molar-refractivity contribution in [3.8, 4) is 0 Å². The Morgan fingerprint density at radius 2 is 1.94 bits per heavy atom. The third kappa shape index (κ3) is 3.04. The van der Waals surface area contributed by atoms with Gasteiger partial charge in [-0.25, -0.2) is 0 Å². The minimum absolute atomic E-state index is 0.112. The fourth-order valence-corrected chi connectivity index (χ4v) is 9.47. The Bertz CT molecular complexity index is 805. The zero-order valence-corrected chi connectivity index (χ0v) is 21.4. The van der Waals surface area contributed by atoms with Gasteiger partial charge < -0.3 is 14.9 Å². The quantitative estimate of drug-likeness (QED) is 0.634. The summed E-state index contributed by atoms with van der Waals surface area (Å²) in [4.78, 5) is 17.4. The van der Waals surface area contributed by atoms with E-state index in [1.807, 2.05) is 18.9 Å². The van der Waals surface area contributed by atoms with E-state index in [4.69, 9.17) is 0 Å². The SMILES string of the molecule is CCC(C)(O)C(=O)N(C)[C@H]1CC[C@@]2(C)C(=CC[C@H]3[C@@H]4CCC5[C@H](C)N(C)C[C@@]54CC[C@@H]32)C1. The van der Waals surface area contributed by atoms with Crippen LogP contribution in [-0.2, 0) is 4.79 Å². The van der Waals surface area contributed by atoms with Crippen molar-refractivity contribution in [2.75, 3.05) is 20.6 Å². The first-order valence-electron chi connectivity index (χ1n) is 13.4. The molecule has 1 heterocycles. The van der Waals surface area contributed by atoms with Crippen LogP contribution in [0, 0.1) is 34.5 Å². The molecule has 2 unspecified atom stereocenters. The third-order valence-corrected chi connectivity index (χ3v) is 11.7. The van der Waals surface area contributed by atoms with Crippen LogP contribution in [0.5, 0.6) is 0 Å². The van der Waals surface area contributed by atoms with E-state index < -0.39 is 5.60 Å². The van der Waals surface area contributed by atoms with Gasteiger partial charge in [-0.2, -0.15) is 0 Å². The Balaban J connectivity index is 1.36. The number of rotatable bonds is 3. The number of nitrogens with zero attached hydrogens (tertiary/aromatic N) is 2. The van der Waals surface area contributed by atoms with Crippen molar-refractivity contribution in [3.05, 3.63) is 11.6 Å². The molecular formula is C28H46N2O2. The molecule has 0 aromatic carbocycles. The van der Waals surface area contributed by atoms with Crippen molar-refractivity contribution in [2.45, 2.75) is 103 Å². The van der Waals surface area contributed by atoms with Crippen molar-refractivity contribution in [2.24, 2.45) is 34.5 Å². The van der Waals surface area contributed by atoms with Gasteiger partial charge in [0.25, 0.3) is 5.91 Å². The molecule has 0 radical (unpaired) electrons. The molecule has 0 aromatic rings. The molecular weight excluding hydrogens is 396 g/mol. The molecule has 1 aliphatic heterocycles. The maximum absolute atomic E-state index is 12.9. The average molecular weight is 443 g/mol. The molecule has 4 heteroatoms. The summed E-state index contributed by atoms with van der Waals surface area (Å²) in [5.74, 6) is 3.39. The van der Waals surface area contributed by atoms with Gasteiger partial charge in [0, 0.05) is 25.7 Å². The van der Waals surface area contributed by atoms with E-state index in [1.165, 1.54) is 45.1 Å². The second-order valence-corrected chi connectivity index (χ2v) is 12.8. The van der Waals surface area contributed by atoms with E-state index in [-0.39, 0.29) is 11.9 Å². The standard InChI is InChI=1S/C28H46N2O2/c1-7-27(4,32)25(31)30(6)20-12-14-26(3)19(16-20)8-9-21-23(26)13-15-28-17-29(5)18(2)22(28)10-11-24(21)28/h8,18,20-24,32H,7,9-17H2,1-6H3/t18-,20-,21+,22?,23-,24-,26-,27?,28-/m0/s1. The number of likely N-dealkylation sites (tertiary alicyclic amines) is 1. The van der Waals surface area contributed by atoms with Gasteiger partial charge in [0.2, 0.25) is 0 Å². The summed E-state index contributed by atoms with van der Waals surface area (Å²) in [5, 5.41) is 10.5. The largest absolute Gasteiger partial charge is 0.380 e. The number of allylic oxidation sites excluding steroid dienone is 1. The van der Waals surface area contributed by atoms with Crippen LogP contribution in [0.2, 0.25) is 0 Å². The Hall–Kier alpha value is -0.870. The lowest BCUT2D eigenvalue weighted by atomic mass is 9.47. The van der Waals surface area contributed by atoms with Crippen LogP contribution < -0.4 is 0 Å². The van der Waals surface area contributed by atoms with Crippen LogP contribution in [-0.4, -0.2) is 59.1 Å². The van der Waals surface area contributed by atoms with E-state index in [1.54, 1.807) is 12.5 Å². The molecule has 32 heavy (non-hydrogen) atoms. The molecule has 0 bridgehead atoms. The first kappa shape index (κ1) is 22.9. The van der Waals surface area contributed by atoms with Gasteiger partial charge in [0.1, 0.15) is 5.60 Å². The van der Waals surface area contributed by atoms with Gasteiger partial charge in [0.15, 0.2) is 0 Å². The number of amides is 1. The predicted octanol–water partition coefficient (Wildman–Crippen LogP) is 4.87. The highest BCUT2D eigenvalue weighted by molar-refractivity contribution is 5.84. The predicted molar refractivity (Wildman–Crippen MR) is 129 cm³/mol. The lowest BCUT2D eigenvalue weighted by molar-refractivity contribution is -0.151. The summed E-state index contributed by atoms with van der Waals surface area (Å²) in [6.07, 6.45) is 13.3. The Kier molecular flexibility index (Phi) is 5.41. The molecule has 1 spiro atoms. The summed E-state index contributed by atoms with van der Waals surface area (Å²) in [6, 6.07) is 0.984. The number of hydrogen-bond acceptors (Lipinski definition) is 3. The number of likely N-dealkylation sites (N-methyl/N-ethyl adjacent to an activating group) is 1. The molecule has 1 amide bonds. The van der Waals surface area contributed by atoms with Crippen molar-refractivity contribution in [3.63, 3.8) is 0 Å². The van der Waals surface area contributed by atoms with Crippen LogP contribution in [0.1, 0.15) is 85.5 Å². The summed E-state index contributed by atoms with van der Waals surface area (Å²) in [5.41, 5.74) is 1.27. The van der Waals surface area contributed by atoms with Crippen LogP contribution >= 0.6 is 0 Å². The summed E-state index contributed by atoms with van der Waals surface area (Å²) in [6.45, 7) is 9.91. The normalized spacial score (nSPS) is 47.5. The molecule has 4 nitrogen and oxygen atoms in total. The zero-order chi connectivity index (χ0) is 23.1. The lowest BCUT2D eigenvalue weighted by Crippen LogP contribution is -2.54.